The van der Waals surface area contributed by atoms with Crippen LogP contribution in [0.2, 0.25) is 0 Å². The molecular formula is C14H28NO6P. The Morgan fingerprint density at radius 1 is 1.18 bits per heavy atom. The summed E-state index contributed by atoms with van der Waals surface area (Å²) in [5.74, 6) is -0.291. The van der Waals surface area contributed by atoms with E-state index < -0.39 is 7.37 Å². The van der Waals surface area contributed by atoms with Crippen molar-refractivity contribution in [3.8, 4) is 0 Å². The van der Waals surface area contributed by atoms with Crippen LogP contribution in [0.1, 0.15) is 46.0 Å². The number of nitrogens with zero attached hydrogens (tertiary/aromatic N) is 1. The molecule has 0 radical (unpaired) electrons. The Morgan fingerprint density at radius 3 is 2.45 bits per heavy atom. The molecule has 0 rings (SSSR count). The maximum Gasteiger partial charge on any atom is 0.305 e. The number of hydroxylamine groups is 2. The second kappa shape index (κ2) is 12.6. The number of unbranched alkanes of at least 4 members (excludes halogenated alkanes) is 1. The predicted octanol–water partition coefficient (Wildman–Crippen LogP) is 2.18. The van der Waals surface area contributed by atoms with Gasteiger partial charge in [0.2, 0.25) is 13.8 Å². The van der Waals surface area contributed by atoms with Gasteiger partial charge in [0, 0.05) is 25.3 Å². The van der Waals surface area contributed by atoms with E-state index in [1.54, 1.807) is 0 Å². The van der Waals surface area contributed by atoms with E-state index in [1.807, 2.05) is 13.8 Å². The lowest BCUT2D eigenvalue weighted by Gasteiger charge is -2.18. The van der Waals surface area contributed by atoms with Crippen molar-refractivity contribution in [2.75, 3.05) is 32.1 Å². The van der Waals surface area contributed by atoms with Gasteiger partial charge >= 0.3 is 5.97 Å². The largest absolute Gasteiger partial charge is 0.463 e. The number of ether oxygens (including phenoxy) is 1. The molecule has 1 amide bonds. The summed E-state index contributed by atoms with van der Waals surface area (Å²) in [5, 5.41) is 1.06. The Morgan fingerprint density at radius 2 is 1.86 bits per heavy atom. The summed E-state index contributed by atoms with van der Waals surface area (Å²) in [7, 11) is -3.10. The fraction of sp³-hybridized carbons (Fsp3) is 0.857. The lowest BCUT2D eigenvalue weighted by Crippen LogP contribution is -2.26. The van der Waals surface area contributed by atoms with E-state index in [0.29, 0.717) is 25.4 Å². The molecule has 1 unspecified atom stereocenters. The first kappa shape index (κ1) is 21.1. The third kappa shape index (κ3) is 11.7. The SMILES string of the molecule is CCCCP(=O)(O)CCCN(C=O)OCCOC(=O)CCC. The van der Waals surface area contributed by atoms with Gasteiger partial charge in [0.25, 0.3) is 0 Å². The van der Waals surface area contributed by atoms with Gasteiger partial charge in [-0.05, 0) is 19.3 Å². The highest BCUT2D eigenvalue weighted by atomic mass is 31.2. The second-order valence-electron chi connectivity index (χ2n) is 5.05. The molecule has 0 aromatic heterocycles. The molecule has 130 valence electrons. The van der Waals surface area contributed by atoms with Gasteiger partial charge in [0.05, 0.1) is 0 Å². The van der Waals surface area contributed by atoms with Crippen molar-refractivity contribution in [2.45, 2.75) is 46.0 Å². The zero-order valence-electron chi connectivity index (χ0n) is 13.5. The van der Waals surface area contributed by atoms with Crippen LogP contribution in [0.15, 0.2) is 0 Å². The molecule has 0 spiro atoms. The highest BCUT2D eigenvalue weighted by Gasteiger charge is 2.17. The monoisotopic (exact) mass is 337 g/mol. The molecule has 0 fully saturated rings. The minimum atomic E-state index is -3.10. The highest BCUT2D eigenvalue weighted by molar-refractivity contribution is 7.57. The van der Waals surface area contributed by atoms with Crippen molar-refractivity contribution >= 4 is 19.7 Å². The van der Waals surface area contributed by atoms with Gasteiger partial charge in [-0.1, -0.05) is 20.3 Å². The van der Waals surface area contributed by atoms with E-state index in [-0.39, 0.29) is 31.9 Å². The Hall–Kier alpha value is -0.910. The van der Waals surface area contributed by atoms with Gasteiger partial charge in [-0.25, -0.2) is 5.06 Å². The molecule has 22 heavy (non-hydrogen) atoms. The molecule has 0 saturated heterocycles. The van der Waals surface area contributed by atoms with E-state index in [9.17, 15) is 19.0 Å². The molecule has 0 aliphatic carbocycles. The van der Waals surface area contributed by atoms with Crippen LogP contribution in [0.4, 0.5) is 0 Å². The number of esters is 1. The molecule has 8 heteroatoms. The van der Waals surface area contributed by atoms with Crippen LogP contribution in [0, 0.1) is 0 Å². The molecular weight excluding hydrogens is 309 g/mol. The second-order valence-corrected chi connectivity index (χ2v) is 7.64. The third-order valence-electron chi connectivity index (χ3n) is 2.92. The molecule has 0 aliphatic rings. The molecule has 0 heterocycles. The predicted molar refractivity (Wildman–Crippen MR) is 83.7 cm³/mol. The standard InChI is InChI=1S/C14H28NO6P/c1-3-5-11-22(18,19)12-6-8-15(13-16)21-10-9-20-14(17)7-4-2/h13H,3-12H2,1-2H3,(H,18,19). The van der Waals surface area contributed by atoms with Crippen LogP contribution < -0.4 is 0 Å². The fourth-order valence-electron chi connectivity index (χ4n) is 1.72. The van der Waals surface area contributed by atoms with Gasteiger partial charge < -0.3 is 9.63 Å². The summed E-state index contributed by atoms with van der Waals surface area (Å²) >= 11 is 0. The maximum absolute atomic E-state index is 11.8. The summed E-state index contributed by atoms with van der Waals surface area (Å²) in [6, 6.07) is 0. The Kier molecular flexibility index (Phi) is 12.1. The van der Waals surface area contributed by atoms with E-state index >= 15 is 0 Å². The van der Waals surface area contributed by atoms with Gasteiger partial charge in [0.1, 0.15) is 13.2 Å². The van der Waals surface area contributed by atoms with Gasteiger partial charge in [-0.3, -0.25) is 19.0 Å². The zero-order chi connectivity index (χ0) is 16.8. The molecule has 0 bridgehead atoms. The van der Waals surface area contributed by atoms with E-state index in [1.165, 1.54) is 0 Å². The quantitative estimate of drug-likeness (QED) is 0.172. The smallest absolute Gasteiger partial charge is 0.305 e. The Labute approximate surface area is 132 Å². The molecule has 1 N–H and O–H groups in total. The lowest BCUT2D eigenvalue weighted by molar-refractivity contribution is -0.179. The van der Waals surface area contributed by atoms with Crippen LogP contribution in [0.5, 0.6) is 0 Å². The normalized spacial score (nSPS) is 13.4. The number of amides is 1. The molecule has 0 aromatic rings. The molecule has 7 nitrogen and oxygen atoms in total. The molecule has 1 atom stereocenters. The summed E-state index contributed by atoms with van der Waals surface area (Å²) in [4.78, 5) is 36.8. The molecule has 0 aromatic carbocycles. The summed E-state index contributed by atoms with van der Waals surface area (Å²) < 4.78 is 16.7. The van der Waals surface area contributed by atoms with Crippen LogP contribution in [0.3, 0.4) is 0 Å². The first-order valence-corrected chi connectivity index (χ1v) is 9.79. The summed E-state index contributed by atoms with van der Waals surface area (Å²) in [5.41, 5.74) is 0. The van der Waals surface area contributed by atoms with Crippen LogP contribution in [-0.2, 0) is 23.7 Å². The van der Waals surface area contributed by atoms with Crippen LogP contribution in [-0.4, -0.2) is 54.4 Å². The number of rotatable bonds is 14. The van der Waals surface area contributed by atoms with E-state index in [2.05, 4.69) is 0 Å². The number of hydrogen-bond donors (Lipinski definition) is 1. The number of carbonyl (C=O) groups excluding carboxylic acids is 2. The molecule has 0 aliphatic heterocycles. The average molecular weight is 337 g/mol. The topological polar surface area (TPSA) is 93.1 Å². The van der Waals surface area contributed by atoms with Crippen LogP contribution >= 0.6 is 7.37 Å². The first-order valence-electron chi connectivity index (χ1n) is 7.76. The van der Waals surface area contributed by atoms with E-state index in [0.717, 1.165) is 24.3 Å². The van der Waals surface area contributed by atoms with Crippen molar-refractivity contribution in [2.24, 2.45) is 0 Å². The minimum absolute atomic E-state index is 0.0815. The lowest BCUT2D eigenvalue weighted by atomic mass is 10.3. The summed E-state index contributed by atoms with van der Waals surface area (Å²) in [6.07, 6.45) is 4.09. The van der Waals surface area contributed by atoms with E-state index in [4.69, 9.17) is 9.57 Å². The van der Waals surface area contributed by atoms with Crippen molar-refractivity contribution < 1.29 is 28.6 Å². The Bertz CT molecular complexity index is 363. The van der Waals surface area contributed by atoms with Gasteiger partial charge in [0.15, 0.2) is 0 Å². The highest BCUT2D eigenvalue weighted by Crippen LogP contribution is 2.41. The summed E-state index contributed by atoms with van der Waals surface area (Å²) in [6.45, 7) is 4.25. The third-order valence-corrected chi connectivity index (χ3v) is 4.95. The zero-order valence-corrected chi connectivity index (χ0v) is 14.4. The number of carbonyl (C=O) groups is 2. The van der Waals surface area contributed by atoms with Gasteiger partial charge in [-0.15, -0.1) is 0 Å². The number of hydrogen-bond acceptors (Lipinski definition) is 5. The van der Waals surface area contributed by atoms with Gasteiger partial charge in [-0.2, -0.15) is 0 Å². The van der Waals surface area contributed by atoms with Crippen molar-refractivity contribution in [1.29, 1.82) is 0 Å². The Balaban J connectivity index is 3.81. The molecule has 0 saturated carbocycles. The average Bonchev–Trinajstić information content (AvgIpc) is 2.48. The fourth-order valence-corrected chi connectivity index (χ4v) is 3.39. The first-order chi connectivity index (χ1) is 10.4. The maximum atomic E-state index is 11.8. The van der Waals surface area contributed by atoms with Crippen molar-refractivity contribution in [3.63, 3.8) is 0 Å². The van der Waals surface area contributed by atoms with Crippen molar-refractivity contribution in [1.82, 2.24) is 5.06 Å². The van der Waals surface area contributed by atoms with Crippen molar-refractivity contribution in [3.05, 3.63) is 0 Å². The minimum Gasteiger partial charge on any atom is -0.463 e. The van der Waals surface area contributed by atoms with Crippen LogP contribution in [0.25, 0.3) is 0 Å².